The predicted octanol–water partition coefficient (Wildman–Crippen LogP) is 3.66. The maximum atomic E-state index is 12.3. The molecule has 0 aliphatic rings. The lowest BCUT2D eigenvalue weighted by atomic mass is 10.2. The number of carbonyl (C=O) groups excluding carboxylic acids is 1. The molecular formula is C19H19N3O2S. The SMILES string of the molecule is Cc1cccc(CNC(=O)c2cccc(OCc3csc(C)n3)c2)n1. The lowest BCUT2D eigenvalue weighted by Gasteiger charge is -2.08. The van der Waals surface area contributed by atoms with Crippen LogP contribution < -0.4 is 10.1 Å². The summed E-state index contributed by atoms with van der Waals surface area (Å²) in [5, 5.41) is 5.86. The third-order valence-corrected chi connectivity index (χ3v) is 4.35. The maximum Gasteiger partial charge on any atom is 0.251 e. The molecule has 0 saturated carbocycles. The molecule has 25 heavy (non-hydrogen) atoms. The van der Waals surface area contributed by atoms with Crippen LogP contribution in [0, 0.1) is 13.8 Å². The third kappa shape index (κ3) is 4.87. The van der Waals surface area contributed by atoms with Crippen molar-refractivity contribution in [3.8, 4) is 5.75 Å². The summed E-state index contributed by atoms with van der Waals surface area (Å²) in [5.74, 6) is 0.491. The molecule has 6 heteroatoms. The number of ether oxygens (including phenoxy) is 1. The van der Waals surface area contributed by atoms with Gasteiger partial charge in [-0.05, 0) is 44.2 Å². The van der Waals surface area contributed by atoms with Crippen LogP contribution in [0.1, 0.15) is 32.4 Å². The van der Waals surface area contributed by atoms with Crippen LogP contribution >= 0.6 is 11.3 Å². The molecule has 0 fully saturated rings. The van der Waals surface area contributed by atoms with E-state index in [0.717, 1.165) is 22.1 Å². The van der Waals surface area contributed by atoms with E-state index in [0.29, 0.717) is 24.5 Å². The molecule has 0 aliphatic heterocycles. The number of rotatable bonds is 6. The number of aromatic nitrogens is 2. The number of carbonyl (C=O) groups is 1. The maximum absolute atomic E-state index is 12.3. The topological polar surface area (TPSA) is 64.1 Å². The summed E-state index contributed by atoms with van der Waals surface area (Å²) in [4.78, 5) is 21.1. The fraction of sp³-hybridized carbons (Fsp3) is 0.211. The molecule has 2 aromatic heterocycles. The van der Waals surface area contributed by atoms with Crippen LogP contribution in [0.5, 0.6) is 5.75 Å². The van der Waals surface area contributed by atoms with Gasteiger partial charge in [0.2, 0.25) is 0 Å². The van der Waals surface area contributed by atoms with E-state index >= 15 is 0 Å². The molecule has 0 spiro atoms. The van der Waals surface area contributed by atoms with Gasteiger partial charge in [-0.3, -0.25) is 9.78 Å². The van der Waals surface area contributed by atoms with Gasteiger partial charge < -0.3 is 10.1 Å². The molecule has 3 rings (SSSR count). The van der Waals surface area contributed by atoms with E-state index in [1.165, 1.54) is 0 Å². The van der Waals surface area contributed by atoms with Crippen LogP contribution in [0.4, 0.5) is 0 Å². The van der Waals surface area contributed by atoms with Crippen molar-refractivity contribution < 1.29 is 9.53 Å². The lowest BCUT2D eigenvalue weighted by Crippen LogP contribution is -2.23. The number of pyridine rings is 1. The summed E-state index contributed by atoms with van der Waals surface area (Å²) in [5.41, 5.74) is 3.21. The molecule has 5 nitrogen and oxygen atoms in total. The fourth-order valence-electron chi connectivity index (χ4n) is 2.33. The largest absolute Gasteiger partial charge is 0.487 e. The van der Waals surface area contributed by atoms with Crippen molar-refractivity contribution in [3.63, 3.8) is 0 Å². The van der Waals surface area contributed by atoms with Crippen molar-refractivity contribution in [2.24, 2.45) is 0 Å². The van der Waals surface area contributed by atoms with Crippen molar-refractivity contribution in [1.29, 1.82) is 0 Å². The Balaban J connectivity index is 1.59. The second kappa shape index (κ2) is 7.90. The molecule has 0 atom stereocenters. The highest BCUT2D eigenvalue weighted by Crippen LogP contribution is 2.16. The standard InChI is InChI=1S/C19H19N3O2S/c1-13-5-3-7-16(21-13)10-20-19(23)15-6-4-8-18(9-15)24-11-17-12-25-14(2)22-17/h3-9,12H,10-11H2,1-2H3,(H,20,23). The van der Waals surface area contributed by atoms with Crippen molar-refractivity contribution in [3.05, 3.63) is 75.5 Å². The molecule has 0 aliphatic carbocycles. The van der Waals surface area contributed by atoms with Crippen molar-refractivity contribution >= 4 is 17.2 Å². The van der Waals surface area contributed by atoms with E-state index in [1.54, 1.807) is 23.5 Å². The average molecular weight is 353 g/mol. The third-order valence-electron chi connectivity index (χ3n) is 3.53. The number of thiazole rings is 1. The van der Waals surface area contributed by atoms with Crippen LogP contribution in [0.2, 0.25) is 0 Å². The summed E-state index contributed by atoms with van der Waals surface area (Å²) < 4.78 is 5.73. The van der Waals surface area contributed by atoms with E-state index in [9.17, 15) is 4.79 Å². The highest BCUT2D eigenvalue weighted by atomic mass is 32.1. The molecule has 1 N–H and O–H groups in total. The smallest absolute Gasteiger partial charge is 0.251 e. The van der Waals surface area contributed by atoms with Gasteiger partial charge in [0.05, 0.1) is 22.9 Å². The Morgan fingerprint density at radius 2 is 1.96 bits per heavy atom. The minimum absolute atomic E-state index is 0.154. The Bertz CT molecular complexity index is 876. The molecule has 3 aromatic rings. The number of hydrogen-bond donors (Lipinski definition) is 1. The first kappa shape index (κ1) is 17.1. The summed E-state index contributed by atoms with van der Waals surface area (Å²) in [7, 11) is 0. The lowest BCUT2D eigenvalue weighted by molar-refractivity contribution is 0.0950. The first-order valence-electron chi connectivity index (χ1n) is 7.95. The number of nitrogens with one attached hydrogen (secondary N) is 1. The van der Waals surface area contributed by atoms with Gasteiger partial charge in [0.15, 0.2) is 0 Å². The molecule has 128 valence electrons. The molecule has 0 bridgehead atoms. The van der Waals surface area contributed by atoms with Crippen LogP contribution in [-0.2, 0) is 13.2 Å². The molecule has 1 amide bonds. The number of benzene rings is 1. The molecule has 0 unspecified atom stereocenters. The summed E-state index contributed by atoms with van der Waals surface area (Å²) in [6, 6.07) is 12.9. The predicted molar refractivity (Wildman–Crippen MR) is 97.8 cm³/mol. The number of hydrogen-bond acceptors (Lipinski definition) is 5. The molecule has 0 radical (unpaired) electrons. The zero-order valence-corrected chi connectivity index (χ0v) is 15.0. The van der Waals surface area contributed by atoms with Crippen molar-refractivity contribution in [1.82, 2.24) is 15.3 Å². The van der Waals surface area contributed by atoms with Crippen LogP contribution in [-0.4, -0.2) is 15.9 Å². The van der Waals surface area contributed by atoms with Gasteiger partial charge in [0.25, 0.3) is 5.91 Å². The monoisotopic (exact) mass is 353 g/mol. The van der Waals surface area contributed by atoms with Crippen LogP contribution in [0.3, 0.4) is 0 Å². The van der Waals surface area contributed by atoms with Gasteiger partial charge in [-0.1, -0.05) is 12.1 Å². The molecule has 0 saturated heterocycles. The van der Waals surface area contributed by atoms with Crippen LogP contribution in [0.25, 0.3) is 0 Å². The first-order chi connectivity index (χ1) is 12.1. The Kier molecular flexibility index (Phi) is 5.40. The second-order valence-electron chi connectivity index (χ2n) is 5.63. The molecule has 2 heterocycles. The fourth-order valence-corrected chi connectivity index (χ4v) is 2.93. The second-order valence-corrected chi connectivity index (χ2v) is 6.69. The minimum atomic E-state index is -0.154. The van der Waals surface area contributed by atoms with E-state index in [1.807, 2.05) is 49.6 Å². The molecular weight excluding hydrogens is 334 g/mol. The number of amides is 1. The van der Waals surface area contributed by atoms with E-state index in [2.05, 4.69) is 15.3 Å². The quantitative estimate of drug-likeness (QED) is 0.734. The molecule has 1 aromatic carbocycles. The normalized spacial score (nSPS) is 10.5. The number of aryl methyl sites for hydroxylation is 2. The van der Waals surface area contributed by atoms with Gasteiger partial charge in [-0.25, -0.2) is 4.98 Å². The van der Waals surface area contributed by atoms with Gasteiger partial charge in [0, 0.05) is 16.6 Å². The van der Waals surface area contributed by atoms with Gasteiger partial charge in [-0.15, -0.1) is 11.3 Å². The van der Waals surface area contributed by atoms with Crippen molar-refractivity contribution in [2.75, 3.05) is 0 Å². The van der Waals surface area contributed by atoms with Gasteiger partial charge in [-0.2, -0.15) is 0 Å². The van der Waals surface area contributed by atoms with E-state index in [4.69, 9.17) is 4.74 Å². The summed E-state index contributed by atoms with van der Waals surface area (Å²) >= 11 is 1.59. The average Bonchev–Trinajstić information content (AvgIpc) is 3.03. The zero-order chi connectivity index (χ0) is 17.6. The van der Waals surface area contributed by atoms with Crippen LogP contribution in [0.15, 0.2) is 47.8 Å². The summed E-state index contributed by atoms with van der Waals surface area (Å²) in [6.45, 7) is 4.67. The Labute approximate surface area is 150 Å². The van der Waals surface area contributed by atoms with Crippen molar-refractivity contribution in [2.45, 2.75) is 27.0 Å². The first-order valence-corrected chi connectivity index (χ1v) is 8.83. The Morgan fingerprint density at radius 1 is 1.12 bits per heavy atom. The Morgan fingerprint density at radius 3 is 2.72 bits per heavy atom. The highest BCUT2D eigenvalue weighted by Gasteiger charge is 2.08. The van der Waals surface area contributed by atoms with Gasteiger partial charge >= 0.3 is 0 Å². The van der Waals surface area contributed by atoms with E-state index < -0.39 is 0 Å². The van der Waals surface area contributed by atoms with Gasteiger partial charge in [0.1, 0.15) is 12.4 Å². The highest BCUT2D eigenvalue weighted by molar-refractivity contribution is 7.09. The summed E-state index contributed by atoms with van der Waals surface area (Å²) in [6.07, 6.45) is 0. The number of nitrogens with zero attached hydrogens (tertiary/aromatic N) is 2. The minimum Gasteiger partial charge on any atom is -0.487 e. The zero-order valence-electron chi connectivity index (χ0n) is 14.2. The van der Waals surface area contributed by atoms with E-state index in [-0.39, 0.29) is 5.91 Å². The Hall–Kier alpha value is -2.73.